The Bertz CT molecular complexity index is 373. The van der Waals surface area contributed by atoms with Crippen molar-refractivity contribution in [2.45, 2.75) is 66.1 Å². The Morgan fingerprint density at radius 2 is 1.68 bits per heavy atom. The third-order valence-corrected chi connectivity index (χ3v) is 17.1. The predicted octanol–water partition coefficient (Wildman–Crippen LogP) is 5.40. The summed E-state index contributed by atoms with van der Waals surface area (Å²) in [4.78, 5) is 0. The molecule has 0 aromatic heterocycles. The van der Waals surface area contributed by atoms with Crippen LogP contribution < -0.4 is 0 Å². The molecule has 2 aliphatic rings. The minimum Gasteiger partial charge on any atom is -0.272 e. The average molecular weight is 287 g/mol. The minimum absolute atomic E-state index is 0.709. The van der Waals surface area contributed by atoms with Crippen molar-refractivity contribution >= 4 is 8.29 Å². The standard InChI is InChI=1S/C18H38S/c1-8-11-19(7,12-17(19)6)13-18(14-19,16(4)5)10-9-15(2)3/h15-17H,8-14H2,1-7H3. The Kier molecular flexibility index (Phi) is 3.28. The number of hydrogen-bond donors (Lipinski definition) is 0. The molecule has 0 aliphatic carbocycles. The van der Waals surface area contributed by atoms with Crippen LogP contribution in [0.2, 0.25) is 0 Å². The predicted molar refractivity (Wildman–Crippen MR) is 94.1 cm³/mol. The van der Waals surface area contributed by atoms with Crippen LogP contribution in [0.1, 0.15) is 60.8 Å². The third-order valence-electron chi connectivity index (χ3n) is 7.32. The average Bonchev–Trinajstić information content (AvgIpc) is 2.75. The summed E-state index contributed by atoms with van der Waals surface area (Å²) in [5.41, 5.74) is 0.709. The molecule has 1 spiro atoms. The molecule has 2 aliphatic heterocycles. The quantitative estimate of drug-likeness (QED) is 0.574. The number of hydrogen-bond acceptors (Lipinski definition) is 0. The van der Waals surface area contributed by atoms with Crippen molar-refractivity contribution in [1.82, 2.24) is 0 Å². The second-order valence-corrected chi connectivity index (χ2v) is 18.4. The van der Waals surface area contributed by atoms with Gasteiger partial charge in [-0.25, -0.2) is 0 Å². The lowest BCUT2D eigenvalue weighted by Crippen LogP contribution is -2.60. The molecule has 1 unspecified atom stereocenters. The van der Waals surface area contributed by atoms with E-state index < -0.39 is 8.29 Å². The van der Waals surface area contributed by atoms with Gasteiger partial charge in [0.25, 0.3) is 0 Å². The van der Waals surface area contributed by atoms with Crippen LogP contribution in [0.3, 0.4) is 0 Å². The molecular weight excluding hydrogens is 248 g/mol. The van der Waals surface area contributed by atoms with Gasteiger partial charge in [-0.3, -0.25) is 8.29 Å². The van der Waals surface area contributed by atoms with Crippen molar-refractivity contribution in [3.63, 3.8) is 0 Å². The lowest BCUT2D eigenvalue weighted by Gasteiger charge is -2.80. The largest absolute Gasteiger partial charge is 0.272 e. The fourth-order valence-electron chi connectivity index (χ4n) is 5.84. The van der Waals surface area contributed by atoms with Crippen LogP contribution in [0, 0.1) is 17.3 Å². The molecule has 2 heterocycles. The van der Waals surface area contributed by atoms with Crippen molar-refractivity contribution < 1.29 is 0 Å². The minimum atomic E-state index is -1.54. The van der Waals surface area contributed by atoms with Crippen LogP contribution in [-0.4, -0.2) is 34.5 Å². The van der Waals surface area contributed by atoms with E-state index in [4.69, 9.17) is 0 Å². The Labute approximate surface area is 121 Å². The van der Waals surface area contributed by atoms with Crippen molar-refractivity contribution in [3.8, 4) is 0 Å². The summed E-state index contributed by atoms with van der Waals surface area (Å²) in [6.45, 7) is 14.8. The van der Waals surface area contributed by atoms with Gasteiger partial charge >= 0.3 is 0 Å². The first-order valence-corrected chi connectivity index (χ1v) is 12.2. The molecule has 2 rings (SSSR count). The second-order valence-electron chi connectivity index (χ2n) is 9.70. The number of rotatable bonds is 6. The van der Waals surface area contributed by atoms with Crippen LogP contribution in [-0.2, 0) is 0 Å². The third kappa shape index (κ3) is 2.01. The fourth-order valence-corrected chi connectivity index (χ4v) is 17.1. The maximum Gasteiger partial charge on any atom is -0.0145 e. The fraction of sp³-hybridized carbons (Fsp3) is 1.00. The zero-order valence-corrected chi connectivity index (χ0v) is 15.4. The van der Waals surface area contributed by atoms with Gasteiger partial charge in [0, 0.05) is 0 Å². The molecule has 0 N–H and O–H groups in total. The molecule has 0 bridgehead atoms. The Morgan fingerprint density at radius 1 is 1.16 bits per heavy atom. The Hall–Kier alpha value is 0.350. The maximum atomic E-state index is 2.80. The van der Waals surface area contributed by atoms with Gasteiger partial charge in [0.05, 0.1) is 0 Å². The highest BCUT2D eigenvalue weighted by Crippen LogP contribution is 3.09. The van der Waals surface area contributed by atoms with Gasteiger partial charge in [-0.05, 0) is 64.6 Å². The van der Waals surface area contributed by atoms with Gasteiger partial charge in [0.1, 0.15) is 0 Å². The molecular formula is C18H38S. The summed E-state index contributed by atoms with van der Waals surface area (Å²) in [6, 6.07) is 0. The highest BCUT2D eigenvalue weighted by atomic mass is 32.4. The normalized spacial score (nSPS) is 41.2. The molecule has 0 aromatic rings. The topological polar surface area (TPSA) is 0 Å². The van der Waals surface area contributed by atoms with Gasteiger partial charge in [0.2, 0.25) is 0 Å². The Balaban J connectivity index is 2.17. The molecule has 1 atom stereocenters. The first-order chi connectivity index (χ1) is 8.56. The first kappa shape index (κ1) is 15.7. The highest BCUT2D eigenvalue weighted by molar-refractivity contribution is 8.70. The van der Waals surface area contributed by atoms with Crippen molar-refractivity contribution in [2.75, 3.05) is 29.3 Å². The molecule has 19 heavy (non-hydrogen) atoms. The molecule has 116 valence electrons. The summed E-state index contributed by atoms with van der Waals surface area (Å²) in [7, 11) is -1.54. The first-order valence-electron chi connectivity index (χ1n) is 8.56. The molecule has 0 saturated carbocycles. The van der Waals surface area contributed by atoms with Crippen LogP contribution in [0.4, 0.5) is 0 Å². The van der Waals surface area contributed by atoms with Crippen LogP contribution >= 0.6 is 8.29 Å². The lowest BCUT2D eigenvalue weighted by atomic mass is 9.75. The van der Waals surface area contributed by atoms with E-state index in [0.29, 0.717) is 5.41 Å². The van der Waals surface area contributed by atoms with E-state index in [1.54, 1.807) is 23.0 Å². The van der Waals surface area contributed by atoms with Crippen LogP contribution in [0.25, 0.3) is 0 Å². The smallest absolute Gasteiger partial charge is 0.0145 e. The van der Waals surface area contributed by atoms with Crippen molar-refractivity contribution in [3.05, 3.63) is 0 Å². The molecule has 0 nitrogen and oxygen atoms in total. The molecule has 0 radical (unpaired) electrons. The monoisotopic (exact) mass is 286 g/mol. The van der Waals surface area contributed by atoms with E-state index in [1.165, 1.54) is 19.3 Å². The van der Waals surface area contributed by atoms with Gasteiger partial charge in [-0.1, -0.05) is 48.0 Å². The molecule has 1 heteroatoms. The van der Waals surface area contributed by atoms with Crippen LogP contribution in [0.15, 0.2) is 0 Å². The lowest BCUT2D eigenvalue weighted by molar-refractivity contribution is 0.200. The molecule has 0 amide bonds. The summed E-state index contributed by atoms with van der Waals surface area (Å²) < 4.78 is 0. The zero-order valence-electron chi connectivity index (χ0n) is 14.6. The molecule has 0 aromatic carbocycles. The Morgan fingerprint density at radius 3 is 2.00 bits per heavy atom. The van der Waals surface area contributed by atoms with E-state index in [2.05, 4.69) is 47.8 Å². The summed E-state index contributed by atoms with van der Waals surface area (Å²) in [5.74, 6) is 8.22. The van der Waals surface area contributed by atoms with E-state index >= 15 is 0 Å². The summed E-state index contributed by atoms with van der Waals surface area (Å²) in [6.07, 6.45) is 7.14. The zero-order chi connectivity index (χ0) is 14.6. The van der Waals surface area contributed by atoms with Crippen LogP contribution in [0.5, 0.6) is 0 Å². The highest BCUT2D eigenvalue weighted by Gasteiger charge is 2.82. The van der Waals surface area contributed by atoms with E-state index in [0.717, 1.165) is 17.1 Å². The van der Waals surface area contributed by atoms with E-state index in [1.807, 2.05) is 0 Å². The van der Waals surface area contributed by atoms with Gasteiger partial charge in [0.15, 0.2) is 0 Å². The van der Waals surface area contributed by atoms with E-state index in [9.17, 15) is 0 Å². The van der Waals surface area contributed by atoms with Crippen molar-refractivity contribution in [2.24, 2.45) is 17.3 Å². The summed E-state index contributed by atoms with van der Waals surface area (Å²) in [5, 5.41) is 1.07. The van der Waals surface area contributed by atoms with Gasteiger partial charge < -0.3 is 0 Å². The van der Waals surface area contributed by atoms with Gasteiger partial charge in [-0.15, -0.1) is 0 Å². The SMILES string of the molecule is CCCS12(C)(CC1C)CC(CCC(C)C)(C(C)C)C2. The van der Waals surface area contributed by atoms with E-state index in [-0.39, 0.29) is 0 Å². The molecule has 2 fully saturated rings. The van der Waals surface area contributed by atoms with Crippen molar-refractivity contribution in [1.29, 1.82) is 0 Å². The second kappa shape index (κ2) is 3.96. The summed E-state index contributed by atoms with van der Waals surface area (Å²) >= 11 is 0. The van der Waals surface area contributed by atoms with Gasteiger partial charge in [-0.2, -0.15) is 0 Å². The maximum absolute atomic E-state index is 2.80. The molecule has 2 saturated heterocycles.